The molecule has 1 atom stereocenters. The molecule has 0 aromatic heterocycles. The summed E-state index contributed by atoms with van der Waals surface area (Å²) in [6, 6.07) is 2.90. The topological polar surface area (TPSA) is 44.7 Å². The van der Waals surface area contributed by atoms with Gasteiger partial charge >= 0.3 is 6.36 Å². The second-order valence-electron chi connectivity index (χ2n) is 5.22. The normalized spacial score (nSPS) is 17.9. The maximum absolute atomic E-state index is 14.1. The number of aliphatic hydroxyl groups is 1. The van der Waals surface area contributed by atoms with E-state index in [0.717, 1.165) is 24.3 Å². The van der Waals surface area contributed by atoms with E-state index in [9.17, 15) is 22.0 Å². The van der Waals surface area contributed by atoms with E-state index in [-0.39, 0.29) is 18.0 Å². The van der Waals surface area contributed by atoms with Gasteiger partial charge < -0.3 is 15.2 Å². The first-order chi connectivity index (χ1) is 10.7. The Kier molecular flexibility index (Phi) is 7.21. The van der Waals surface area contributed by atoms with Crippen LogP contribution >= 0.6 is 12.4 Å². The quantitative estimate of drug-likeness (QED) is 0.775. The standard InChI is InChI=1S/C14H17F5N2O2.ClH/c15-13(16,9-22)12(21-7-5-20-6-8-21)10-1-3-11(4-2-10)23-14(17,18)19;/h1-4,12,20,22H,5-9H2;1H/t12-;/m1./s1. The first kappa shape index (κ1) is 20.9. The summed E-state index contributed by atoms with van der Waals surface area (Å²) in [5.41, 5.74) is 0.125. The molecule has 0 bridgehead atoms. The number of alkyl halides is 5. The molecule has 1 aliphatic rings. The van der Waals surface area contributed by atoms with E-state index in [2.05, 4.69) is 10.1 Å². The van der Waals surface area contributed by atoms with Crippen molar-refractivity contribution in [1.29, 1.82) is 0 Å². The van der Waals surface area contributed by atoms with Crippen LogP contribution in [-0.4, -0.2) is 55.1 Å². The van der Waals surface area contributed by atoms with Crippen LogP contribution in [0.4, 0.5) is 22.0 Å². The number of piperazine rings is 1. The average molecular weight is 377 g/mol. The smallest absolute Gasteiger partial charge is 0.406 e. The Morgan fingerprint density at radius 1 is 1.08 bits per heavy atom. The van der Waals surface area contributed by atoms with Crippen molar-refractivity contribution in [2.45, 2.75) is 18.3 Å². The molecule has 1 fully saturated rings. The average Bonchev–Trinajstić information content (AvgIpc) is 2.49. The van der Waals surface area contributed by atoms with Crippen molar-refractivity contribution < 1.29 is 31.8 Å². The maximum atomic E-state index is 14.1. The second kappa shape index (κ2) is 8.28. The molecular weight excluding hydrogens is 359 g/mol. The molecule has 0 aliphatic carbocycles. The van der Waals surface area contributed by atoms with E-state index in [1.54, 1.807) is 0 Å². The van der Waals surface area contributed by atoms with Crippen LogP contribution < -0.4 is 10.1 Å². The van der Waals surface area contributed by atoms with Crippen molar-refractivity contribution in [3.63, 3.8) is 0 Å². The summed E-state index contributed by atoms with van der Waals surface area (Å²) in [5, 5.41) is 12.0. The summed E-state index contributed by atoms with van der Waals surface area (Å²) in [7, 11) is 0. The zero-order valence-corrected chi connectivity index (χ0v) is 13.3. The zero-order valence-electron chi connectivity index (χ0n) is 12.5. The molecule has 1 saturated heterocycles. The number of ether oxygens (including phenoxy) is 1. The molecule has 4 nitrogen and oxygen atoms in total. The lowest BCUT2D eigenvalue weighted by Gasteiger charge is -2.38. The van der Waals surface area contributed by atoms with Gasteiger partial charge in [-0.2, -0.15) is 0 Å². The molecular formula is C14H18ClF5N2O2. The number of benzene rings is 1. The van der Waals surface area contributed by atoms with Crippen LogP contribution in [0.2, 0.25) is 0 Å². The Hall–Kier alpha value is -1.16. The summed E-state index contributed by atoms with van der Waals surface area (Å²) >= 11 is 0. The highest BCUT2D eigenvalue weighted by molar-refractivity contribution is 5.85. The van der Waals surface area contributed by atoms with Crippen molar-refractivity contribution in [3.8, 4) is 5.75 Å². The van der Waals surface area contributed by atoms with Crippen molar-refractivity contribution in [3.05, 3.63) is 29.8 Å². The van der Waals surface area contributed by atoms with E-state index in [1.165, 1.54) is 4.90 Å². The highest BCUT2D eigenvalue weighted by Gasteiger charge is 2.44. The molecule has 0 spiro atoms. The van der Waals surface area contributed by atoms with Crippen LogP contribution in [0.25, 0.3) is 0 Å². The van der Waals surface area contributed by atoms with Gasteiger partial charge in [0.05, 0.1) is 0 Å². The zero-order chi connectivity index (χ0) is 17.1. The predicted octanol–water partition coefficient (Wildman–Crippen LogP) is 2.58. The molecule has 2 N–H and O–H groups in total. The molecule has 2 rings (SSSR count). The van der Waals surface area contributed by atoms with Gasteiger partial charge in [0.15, 0.2) is 0 Å². The highest BCUT2D eigenvalue weighted by atomic mass is 35.5. The Morgan fingerprint density at radius 3 is 2.08 bits per heavy atom. The first-order valence-corrected chi connectivity index (χ1v) is 7.02. The summed E-state index contributed by atoms with van der Waals surface area (Å²) in [4.78, 5) is 1.51. The van der Waals surface area contributed by atoms with E-state index in [4.69, 9.17) is 5.11 Å². The summed E-state index contributed by atoms with van der Waals surface area (Å²) in [6.07, 6.45) is -4.84. The fraction of sp³-hybridized carbons (Fsp3) is 0.571. The molecule has 1 aromatic rings. The minimum absolute atomic E-state index is 0. The molecule has 0 unspecified atom stereocenters. The number of rotatable bonds is 5. The fourth-order valence-corrected chi connectivity index (χ4v) is 2.60. The Morgan fingerprint density at radius 2 is 1.62 bits per heavy atom. The maximum Gasteiger partial charge on any atom is 0.573 e. The van der Waals surface area contributed by atoms with Gasteiger partial charge in [-0.1, -0.05) is 12.1 Å². The van der Waals surface area contributed by atoms with Crippen molar-refractivity contribution in [2.75, 3.05) is 32.8 Å². The molecule has 10 heteroatoms. The number of hydrogen-bond donors (Lipinski definition) is 2. The minimum atomic E-state index is -4.84. The van der Waals surface area contributed by atoms with E-state index < -0.39 is 30.7 Å². The molecule has 1 aliphatic heterocycles. The van der Waals surface area contributed by atoms with Crippen LogP contribution in [0.1, 0.15) is 11.6 Å². The third kappa shape index (κ3) is 5.44. The highest BCUT2D eigenvalue weighted by Crippen LogP contribution is 2.37. The summed E-state index contributed by atoms with van der Waals surface area (Å²) in [6.45, 7) is 0.394. The number of hydrogen-bond acceptors (Lipinski definition) is 4. The Balaban J connectivity index is 0.00000288. The monoisotopic (exact) mass is 376 g/mol. The van der Waals surface area contributed by atoms with Gasteiger partial charge in [0.25, 0.3) is 5.92 Å². The Labute approximate surface area is 142 Å². The number of aliphatic hydroxyl groups excluding tert-OH is 1. The molecule has 0 radical (unpaired) electrons. The van der Waals surface area contributed by atoms with E-state index in [0.29, 0.717) is 26.2 Å². The second-order valence-corrected chi connectivity index (χ2v) is 5.22. The number of nitrogens with one attached hydrogen (secondary N) is 1. The molecule has 0 amide bonds. The van der Waals surface area contributed by atoms with Gasteiger partial charge in [0, 0.05) is 26.2 Å². The van der Waals surface area contributed by atoms with Crippen LogP contribution in [0.15, 0.2) is 24.3 Å². The van der Waals surface area contributed by atoms with Gasteiger partial charge in [-0.25, -0.2) is 8.78 Å². The van der Waals surface area contributed by atoms with Gasteiger partial charge in [-0.3, -0.25) is 4.90 Å². The van der Waals surface area contributed by atoms with Crippen molar-refractivity contribution in [1.82, 2.24) is 10.2 Å². The lowest BCUT2D eigenvalue weighted by atomic mass is 9.98. The van der Waals surface area contributed by atoms with Gasteiger partial charge in [-0.15, -0.1) is 25.6 Å². The van der Waals surface area contributed by atoms with Crippen molar-refractivity contribution in [2.24, 2.45) is 0 Å². The Bertz CT molecular complexity index is 507. The van der Waals surface area contributed by atoms with E-state index >= 15 is 0 Å². The summed E-state index contributed by atoms with van der Waals surface area (Å²) in [5.74, 6) is -3.89. The minimum Gasteiger partial charge on any atom is -0.406 e. The van der Waals surface area contributed by atoms with Gasteiger partial charge in [0.2, 0.25) is 0 Å². The predicted molar refractivity (Wildman–Crippen MR) is 79.6 cm³/mol. The first-order valence-electron chi connectivity index (χ1n) is 7.02. The number of nitrogens with zero attached hydrogens (tertiary/aromatic N) is 1. The van der Waals surface area contributed by atoms with Gasteiger partial charge in [0.1, 0.15) is 18.4 Å². The van der Waals surface area contributed by atoms with E-state index in [1.807, 2.05) is 0 Å². The molecule has 1 heterocycles. The van der Waals surface area contributed by atoms with Gasteiger partial charge in [-0.05, 0) is 17.7 Å². The fourth-order valence-electron chi connectivity index (χ4n) is 2.60. The SMILES string of the molecule is Cl.OCC(F)(F)[C@@H](c1ccc(OC(F)(F)F)cc1)N1CCNCC1. The lowest BCUT2D eigenvalue weighted by molar-refractivity contribution is -0.274. The third-order valence-corrected chi connectivity index (χ3v) is 3.56. The molecule has 1 aromatic carbocycles. The largest absolute Gasteiger partial charge is 0.573 e. The van der Waals surface area contributed by atoms with Crippen LogP contribution in [0, 0.1) is 0 Å². The lowest BCUT2D eigenvalue weighted by Crippen LogP contribution is -2.51. The van der Waals surface area contributed by atoms with Crippen LogP contribution in [0.3, 0.4) is 0 Å². The number of halogens is 6. The van der Waals surface area contributed by atoms with Crippen LogP contribution in [0.5, 0.6) is 5.75 Å². The molecule has 0 saturated carbocycles. The van der Waals surface area contributed by atoms with Crippen LogP contribution in [-0.2, 0) is 0 Å². The third-order valence-electron chi connectivity index (χ3n) is 3.56. The van der Waals surface area contributed by atoms with Crippen molar-refractivity contribution >= 4 is 12.4 Å². The molecule has 138 valence electrons. The summed E-state index contributed by atoms with van der Waals surface area (Å²) < 4.78 is 68.4. The molecule has 24 heavy (non-hydrogen) atoms.